The topological polar surface area (TPSA) is 43.4 Å². The van der Waals surface area contributed by atoms with Crippen molar-refractivity contribution in [1.29, 1.82) is 0 Å². The molecule has 0 aliphatic heterocycles. The molecule has 24 heavy (non-hydrogen) atoms. The van der Waals surface area contributed by atoms with Gasteiger partial charge in [-0.2, -0.15) is 0 Å². The Bertz CT molecular complexity index is 584. The number of benzene rings is 1. The Hall–Kier alpha value is -0.680. The summed E-state index contributed by atoms with van der Waals surface area (Å²) in [6, 6.07) is 7.93. The molecule has 1 atom stereocenters. The van der Waals surface area contributed by atoms with Crippen LogP contribution < -0.4 is 0 Å². The first-order chi connectivity index (χ1) is 11.2. The predicted molar refractivity (Wildman–Crippen MR) is 105 cm³/mol. The first kappa shape index (κ1) is 21.4. The minimum absolute atomic E-state index is 0.174. The molecule has 0 fully saturated rings. The molecule has 0 N–H and O–H groups in total. The van der Waals surface area contributed by atoms with Crippen molar-refractivity contribution in [2.45, 2.75) is 51.9 Å². The van der Waals surface area contributed by atoms with Crippen molar-refractivity contribution in [3.8, 4) is 0 Å². The summed E-state index contributed by atoms with van der Waals surface area (Å²) in [4.78, 5) is 24.3. The number of halogens is 2. The Morgan fingerprint density at radius 3 is 2.29 bits per heavy atom. The highest BCUT2D eigenvalue weighted by Gasteiger charge is 2.34. The van der Waals surface area contributed by atoms with E-state index in [1.807, 2.05) is 45.0 Å². The number of unbranched alkanes of at least 4 members (excludes halogenated alkanes) is 1. The molecule has 5 heteroatoms. The molecule has 0 heterocycles. The maximum absolute atomic E-state index is 12.6. The van der Waals surface area contributed by atoms with Gasteiger partial charge < -0.3 is 4.74 Å². The van der Waals surface area contributed by atoms with E-state index in [0.29, 0.717) is 5.33 Å². The third-order valence-corrected chi connectivity index (χ3v) is 5.67. The highest BCUT2D eigenvalue weighted by molar-refractivity contribution is 9.10. The highest BCUT2D eigenvalue weighted by Crippen LogP contribution is 2.34. The van der Waals surface area contributed by atoms with Crippen molar-refractivity contribution in [1.82, 2.24) is 0 Å². The summed E-state index contributed by atoms with van der Waals surface area (Å²) < 4.78 is 5.82. The van der Waals surface area contributed by atoms with E-state index in [1.165, 1.54) is 7.11 Å². The molecule has 0 saturated carbocycles. The van der Waals surface area contributed by atoms with Crippen molar-refractivity contribution in [2.24, 2.45) is 5.41 Å². The van der Waals surface area contributed by atoms with E-state index in [-0.39, 0.29) is 11.8 Å². The first-order valence-electron chi connectivity index (χ1n) is 8.11. The minimum atomic E-state index is -0.525. The van der Waals surface area contributed by atoms with Crippen LogP contribution in [-0.4, -0.2) is 24.2 Å². The fourth-order valence-electron chi connectivity index (χ4n) is 2.85. The fraction of sp³-hybridized carbons (Fsp3) is 0.579. The molecule has 0 amide bonds. The van der Waals surface area contributed by atoms with E-state index in [4.69, 9.17) is 4.74 Å². The van der Waals surface area contributed by atoms with Gasteiger partial charge in [0.1, 0.15) is 0 Å². The van der Waals surface area contributed by atoms with Gasteiger partial charge in [-0.05, 0) is 51.3 Å². The van der Waals surface area contributed by atoms with Crippen molar-refractivity contribution in [3.05, 3.63) is 34.3 Å². The number of ketones is 1. The van der Waals surface area contributed by atoms with Gasteiger partial charge in [-0.25, -0.2) is 0 Å². The number of alkyl halides is 1. The average Bonchev–Trinajstić information content (AvgIpc) is 2.56. The number of hydrogen-bond donors (Lipinski definition) is 0. The van der Waals surface area contributed by atoms with Crippen LogP contribution in [0.25, 0.3) is 0 Å². The number of esters is 1. The summed E-state index contributed by atoms with van der Waals surface area (Å²) in [5.74, 6) is -0.0124. The lowest BCUT2D eigenvalue weighted by molar-refractivity contribution is -0.151. The van der Waals surface area contributed by atoms with Crippen LogP contribution in [0.3, 0.4) is 0 Å². The zero-order valence-corrected chi connectivity index (χ0v) is 18.0. The Labute approximate surface area is 161 Å². The highest BCUT2D eigenvalue weighted by atomic mass is 79.9. The normalized spacial score (nSPS) is 14.1. The molecular weight excluding hydrogens is 436 g/mol. The van der Waals surface area contributed by atoms with Gasteiger partial charge in [0.15, 0.2) is 5.78 Å². The molecular formula is C19H26Br2O3. The maximum Gasteiger partial charge on any atom is 0.311 e. The minimum Gasteiger partial charge on any atom is -0.469 e. The summed E-state index contributed by atoms with van der Waals surface area (Å²) in [7, 11) is 1.42. The second-order valence-corrected chi connectivity index (χ2v) is 8.46. The van der Waals surface area contributed by atoms with Crippen molar-refractivity contribution >= 4 is 43.6 Å². The van der Waals surface area contributed by atoms with Gasteiger partial charge >= 0.3 is 5.97 Å². The quantitative estimate of drug-likeness (QED) is 0.279. The van der Waals surface area contributed by atoms with Crippen LogP contribution in [0.2, 0.25) is 0 Å². The molecule has 134 valence electrons. The molecule has 0 saturated heterocycles. The van der Waals surface area contributed by atoms with Crippen molar-refractivity contribution < 1.29 is 14.3 Å². The molecule has 1 unspecified atom stereocenters. The van der Waals surface area contributed by atoms with Gasteiger partial charge in [-0.1, -0.05) is 56.8 Å². The van der Waals surface area contributed by atoms with E-state index in [2.05, 4.69) is 31.9 Å². The van der Waals surface area contributed by atoms with Crippen LogP contribution in [0.4, 0.5) is 0 Å². The summed E-state index contributed by atoms with van der Waals surface area (Å²) in [5.41, 5.74) is 0.0109. The third-order valence-electron chi connectivity index (χ3n) is 4.67. The molecule has 0 spiro atoms. The molecule has 0 aromatic heterocycles. The van der Waals surface area contributed by atoms with Gasteiger partial charge in [0.05, 0.1) is 23.3 Å². The van der Waals surface area contributed by atoms with Crippen molar-refractivity contribution in [2.75, 3.05) is 12.4 Å². The number of rotatable bonds is 9. The number of Topliss-reactive ketones (excluding diaryl/α,β-unsaturated/α-hetero) is 1. The molecule has 1 aromatic rings. The zero-order valence-electron chi connectivity index (χ0n) is 14.8. The monoisotopic (exact) mass is 460 g/mol. The van der Waals surface area contributed by atoms with E-state index in [9.17, 15) is 9.59 Å². The molecule has 1 rings (SSSR count). The fourth-order valence-corrected chi connectivity index (χ4v) is 3.87. The second kappa shape index (κ2) is 9.14. The standard InChI is InChI=1S/C19H26Br2O3/c1-18(2,17(23)24-4)10-5-6-11-19(3,16(22)13-20)14-8-7-9-15(21)12-14/h7-9,12H,5-6,10-11,13H2,1-4H3. The summed E-state index contributed by atoms with van der Waals surface area (Å²) >= 11 is 6.80. The van der Waals surface area contributed by atoms with E-state index < -0.39 is 10.8 Å². The Balaban J connectivity index is 2.79. The van der Waals surface area contributed by atoms with Crippen molar-refractivity contribution in [3.63, 3.8) is 0 Å². The first-order valence-corrected chi connectivity index (χ1v) is 10.0. The van der Waals surface area contributed by atoms with Gasteiger partial charge in [-0.15, -0.1) is 0 Å². The molecule has 0 radical (unpaired) electrons. The van der Waals surface area contributed by atoms with Crippen LogP contribution >= 0.6 is 31.9 Å². The molecule has 1 aromatic carbocycles. The molecule has 3 nitrogen and oxygen atoms in total. The Kier molecular flexibility index (Phi) is 8.13. The number of carbonyl (C=O) groups is 2. The maximum atomic E-state index is 12.6. The van der Waals surface area contributed by atoms with Crippen LogP contribution in [-0.2, 0) is 19.7 Å². The van der Waals surface area contributed by atoms with Crippen LogP contribution in [0, 0.1) is 5.41 Å². The van der Waals surface area contributed by atoms with E-state index >= 15 is 0 Å². The molecule has 0 bridgehead atoms. The number of carbonyl (C=O) groups excluding carboxylic acids is 2. The molecule has 0 aliphatic rings. The largest absolute Gasteiger partial charge is 0.469 e. The summed E-state index contributed by atoms with van der Waals surface area (Å²) in [6.07, 6.45) is 3.26. The average molecular weight is 462 g/mol. The lowest BCUT2D eigenvalue weighted by Crippen LogP contribution is -2.34. The van der Waals surface area contributed by atoms with Gasteiger partial charge in [0.25, 0.3) is 0 Å². The summed E-state index contributed by atoms with van der Waals surface area (Å²) in [6.45, 7) is 5.80. The Morgan fingerprint density at radius 2 is 1.75 bits per heavy atom. The lowest BCUT2D eigenvalue weighted by Gasteiger charge is -2.29. The van der Waals surface area contributed by atoms with Gasteiger partial charge in [0, 0.05) is 4.47 Å². The smallest absolute Gasteiger partial charge is 0.311 e. The summed E-state index contributed by atoms with van der Waals surface area (Å²) in [5, 5.41) is 0.337. The van der Waals surface area contributed by atoms with Crippen LogP contribution in [0.15, 0.2) is 28.7 Å². The predicted octanol–water partition coefficient (Wildman–Crippen LogP) is 5.43. The van der Waals surface area contributed by atoms with Crippen LogP contribution in [0.1, 0.15) is 52.0 Å². The number of methoxy groups -OCH3 is 1. The Morgan fingerprint density at radius 1 is 1.12 bits per heavy atom. The molecule has 0 aliphatic carbocycles. The van der Waals surface area contributed by atoms with E-state index in [1.54, 1.807) is 0 Å². The van der Waals surface area contributed by atoms with Gasteiger partial charge in [-0.3, -0.25) is 9.59 Å². The zero-order chi connectivity index (χ0) is 18.4. The second-order valence-electron chi connectivity index (χ2n) is 6.98. The van der Waals surface area contributed by atoms with Gasteiger partial charge in [0.2, 0.25) is 0 Å². The number of hydrogen-bond acceptors (Lipinski definition) is 3. The lowest BCUT2D eigenvalue weighted by atomic mass is 9.74. The third kappa shape index (κ3) is 5.41. The van der Waals surface area contributed by atoms with E-state index in [0.717, 1.165) is 35.7 Å². The van der Waals surface area contributed by atoms with Crippen LogP contribution in [0.5, 0.6) is 0 Å². The number of ether oxygens (including phenoxy) is 1. The SMILES string of the molecule is COC(=O)C(C)(C)CCCCC(C)(C(=O)CBr)c1cccc(Br)c1.